The van der Waals surface area contributed by atoms with Crippen LogP contribution in [0, 0.1) is 0 Å². The molecule has 0 saturated carbocycles. The van der Waals surface area contributed by atoms with Gasteiger partial charge >= 0.3 is 5.97 Å². The second-order valence-corrected chi connectivity index (χ2v) is 5.01. The lowest BCUT2D eigenvalue weighted by Gasteiger charge is -2.11. The molecule has 3 heteroatoms. The molecule has 0 fully saturated rings. The predicted octanol–water partition coefficient (Wildman–Crippen LogP) is 4.51. The van der Waals surface area contributed by atoms with Gasteiger partial charge < -0.3 is 9.47 Å². The fraction of sp³-hybridized carbons (Fsp3) is 0.0500. The molecule has 3 nitrogen and oxygen atoms in total. The summed E-state index contributed by atoms with van der Waals surface area (Å²) in [5, 5.41) is 1.73. The molecule has 0 aliphatic rings. The molecule has 0 bridgehead atoms. The fourth-order valence-electron chi connectivity index (χ4n) is 2.35. The molecule has 114 valence electrons. The maximum atomic E-state index is 11.4. The number of rotatable bonds is 5. The number of benzene rings is 3. The molecule has 0 atom stereocenters. The van der Waals surface area contributed by atoms with Crippen LogP contribution in [0.1, 0.15) is 5.56 Å². The van der Waals surface area contributed by atoms with Crippen LogP contribution in [0.25, 0.3) is 10.8 Å². The Kier molecular flexibility index (Phi) is 4.39. The summed E-state index contributed by atoms with van der Waals surface area (Å²) in [6.45, 7) is 3.90. The van der Waals surface area contributed by atoms with Crippen LogP contribution in [0.2, 0.25) is 0 Å². The summed E-state index contributed by atoms with van der Waals surface area (Å²) in [5.41, 5.74) is 1.10. The van der Waals surface area contributed by atoms with Gasteiger partial charge in [0.15, 0.2) is 0 Å². The van der Waals surface area contributed by atoms with Crippen LogP contribution in [0.5, 0.6) is 11.5 Å². The van der Waals surface area contributed by atoms with Gasteiger partial charge in [0.25, 0.3) is 0 Å². The van der Waals surface area contributed by atoms with Crippen molar-refractivity contribution in [1.82, 2.24) is 0 Å². The van der Waals surface area contributed by atoms with E-state index >= 15 is 0 Å². The largest absolute Gasteiger partial charge is 0.488 e. The van der Waals surface area contributed by atoms with Gasteiger partial charge in [-0.25, -0.2) is 4.79 Å². The molecular formula is C20H16O3. The van der Waals surface area contributed by atoms with Gasteiger partial charge in [0.2, 0.25) is 0 Å². The van der Waals surface area contributed by atoms with Crippen LogP contribution in [-0.4, -0.2) is 5.97 Å². The summed E-state index contributed by atoms with van der Waals surface area (Å²) >= 11 is 0. The third-order valence-electron chi connectivity index (χ3n) is 3.46. The lowest BCUT2D eigenvalue weighted by molar-refractivity contribution is -0.128. The summed E-state index contributed by atoms with van der Waals surface area (Å²) in [6, 6.07) is 21.2. The van der Waals surface area contributed by atoms with Crippen molar-refractivity contribution in [2.75, 3.05) is 0 Å². The Morgan fingerprint density at radius 2 is 1.52 bits per heavy atom. The van der Waals surface area contributed by atoms with Crippen molar-refractivity contribution in [2.45, 2.75) is 6.61 Å². The second-order valence-electron chi connectivity index (χ2n) is 5.01. The molecular weight excluding hydrogens is 288 g/mol. The van der Waals surface area contributed by atoms with E-state index < -0.39 is 5.97 Å². The van der Waals surface area contributed by atoms with Gasteiger partial charge in [0.05, 0.1) is 0 Å². The molecule has 0 unspecified atom stereocenters. The predicted molar refractivity (Wildman–Crippen MR) is 90.6 cm³/mol. The molecule has 3 aromatic rings. The normalized spacial score (nSPS) is 10.3. The lowest BCUT2D eigenvalue weighted by atomic mass is 10.1. The zero-order valence-electron chi connectivity index (χ0n) is 12.6. The average Bonchev–Trinajstić information content (AvgIpc) is 2.61. The quantitative estimate of drug-likeness (QED) is 0.395. The standard InChI is InChI=1S/C20H16O3/c1-2-20(21)23-19-13-7-10-16-17(19)11-6-12-18(16)22-14-15-8-4-3-5-9-15/h2-13H,1,14H2. The summed E-state index contributed by atoms with van der Waals surface area (Å²) in [7, 11) is 0. The fourth-order valence-corrected chi connectivity index (χ4v) is 2.35. The third kappa shape index (κ3) is 3.40. The highest BCUT2D eigenvalue weighted by Gasteiger charge is 2.09. The van der Waals surface area contributed by atoms with Gasteiger partial charge in [-0.1, -0.05) is 61.2 Å². The molecule has 0 aromatic heterocycles. The Labute approximate surface area is 134 Å². The van der Waals surface area contributed by atoms with E-state index in [1.54, 1.807) is 6.07 Å². The summed E-state index contributed by atoms with van der Waals surface area (Å²) in [4.78, 5) is 11.4. The Morgan fingerprint density at radius 1 is 0.870 bits per heavy atom. The molecule has 3 aromatic carbocycles. The molecule has 0 saturated heterocycles. The van der Waals surface area contributed by atoms with Crippen molar-refractivity contribution in [3.05, 3.63) is 84.9 Å². The van der Waals surface area contributed by atoms with E-state index in [0.29, 0.717) is 12.4 Å². The molecule has 0 aliphatic heterocycles. The van der Waals surface area contributed by atoms with E-state index in [1.165, 1.54) is 0 Å². The maximum absolute atomic E-state index is 11.4. The first-order valence-corrected chi connectivity index (χ1v) is 7.30. The van der Waals surface area contributed by atoms with Gasteiger partial charge in [-0.15, -0.1) is 0 Å². The van der Waals surface area contributed by atoms with Crippen molar-refractivity contribution >= 4 is 16.7 Å². The van der Waals surface area contributed by atoms with Crippen LogP contribution < -0.4 is 9.47 Å². The second kappa shape index (κ2) is 6.79. The Bertz CT molecular complexity index is 838. The Morgan fingerprint density at radius 3 is 2.22 bits per heavy atom. The number of ether oxygens (including phenoxy) is 2. The van der Waals surface area contributed by atoms with E-state index in [2.05, 4.69) is 6.58 Å². The van der Waals surface area contributed by atoms with Gasteiger partial charge in [-0.05, 0) is 17.7 Å². The van der Waals surface area contributed by atoms with Crippen molar-refractivity contribution in [3.8, 4) is 11.5 Å². The average molecular weight is 304 g/mol. The molecule has 0 heterocycles. The molecule has 0 amide bonds. The van der Waals surface area contributed by atoms with E-state index in [1.807, 2.05) is 60.7 Å². The number of esters is 1. The summed E-state index contributed by atoms with van der Waals surface area (Å²) in [5.74, 6) is 0.772. The smallest absolute Gasteiger partial charge is 0.335 e. The van der Waals surface area contributed by atoms with Gasteiger partial charge in [-0.3, -0.25) is 0 Å². The van der Waals surface area contributed by atoms with Crippen LogP contribution in [-0.2, 0) is 11.4 Å². The maximum Gasteiger partial charge on any atom is 0.335 e. The Hall–Kier alpha value is -3.07. The highest BCUT2D eigenvalue weighted by atomic mass is 16.5. The van der Waals surface area contributed by atoms with Gasteiger partial charge in [0.1, 0.15) is 18.1 Å². The first kappa shape index (κ1) is 14.9. The summed E-state index contributed by atoms with van der Waals surface area (Å²) < 4.78 is 11.2. The number of carbonyl (C=O) groups is 1. The highest BCUT2D eigenvalue weighted by molar-refractivity contribution is 5.95. The number of hydrogen-bond donors (Lipinski definition) is 0. The van der Waals surface area contributed by atoms with Crippen molar-refractivity contribution in [1.29, 1.82) is 0 Å². The van der Waals surface area contributed by atoms with E-state index in [9.17, 15) is 4.79 Å². The number of hydrogen-bond acceptors (Lipinski definition) is 3. The minimum absolute atomic E-state index is 0.479. The SMILES string of the molecule is C=CC(=O)Oc1cccc2c(OCc3ccccc3)cccc12. The van der Waals surface area contributed by atoms with Crippen LogP contribution in [0.4, 0.5) is 0 Å². The minimum Gasteiger partial charge on any atom is -0.488 e. The van der Waals surface area contributed by atoms with Gasteiger partial charge in [0, 0.05) is 16.8 Å². The summed E-state index contributed by atoms with van der Waals surface area (Å²) in [6.07, 6.45) is 1.15. The molecule has 23 heavy (non-hydrogen) atoms. The molecule has 3 rings (SSSR count). The number of fused-ring (bicyclic) bond motifs is 1. The van der Waals surface area contributed by atoms with E-state index in [4.69, 9.17) is 9.47 Å². The van der Waals surface area contributed by atoms with E-state index in [0.717, 1.165) is 28.2 Å². The van der Waals surface area contributed by atoms with E-state index in [-0.39, 0.29) is 0 Å². The van der Waals surface area contributed by atoms with Gasteiger partial charge in [-0.2, -0.15) is 0 Å². The monoisotopic (exact) mass is 304 g/mol. The third-order valence-corrected chi connectivity index (χ3v) is 3.46. The topological polar surface area (TPSA) is 35.5 Å². The Balaban J connectivity index is 1.91. The zero-order chi connectivity index (χ0) is 16.1. The van der Waals surface area contributed by atoms with Crippen LogP contribution in [0.3, 0.4) is 0 Å². The first-order valence-electron chi connectivity index (χ1n) is 7.30. The molecule has 0 spiro atoms. The lowest BCUT2D eigenvalue weighted by Crippen LogP contribution is -2.03. The highest BCUT2D eigenvalue weighted by Crippen LogP contribution is 2.32. The molecule has 0 N–H and O–H groups in total. The van der Waals surface area contributed by atoms with Crippen molar-refractivity contribution in [2.24, 2.45) is 0 Å². The van der Waals surface area contributed by atoms with Crippen LogP contribution >= 0.6 is 0 Å². The first-order chi connectivity index (χ1) is 11.3. The molecule has 0 aliphatic carbocycles. The number of carbonyl (C=O) groups excluding carboxylic acids is 1. The minimum atomic E-state index is -0.479. The van der Waals surface area contributed by atoms with Crippen molar-refractivity contribution in [3.63, 3.8) is 0 Å². The molecule has 0 radical (unpaired) electrons. The van der Waals surface area contributed by atoms with Crippen molar-refractivity contribution < 1.29 is 14.3 Å². The van der Waals surface area contributed by atoms with Crippen LogP contribution in [0.15, 0.2) is 79.4 Å². The zero-order valence-corrected chi connectivity index (χ0v) is 12.6.